The Labute approximate surface area is 164 Å². The highest BCUT2D eigenvalue weighted by Gasteiger charge is 2.27. The van der Waals surface area contributed by atoms with E-state index in [1.54, 1.807) is 0 Å². The normalized spacial score (nSPS) is 17.4. The van der Waals surface area contributed by atoms with Gasteiger partial charge in [0.25, 0.3) is 0 Å². The summed E-state index contributed by atoms with van der Waals surface area (Å²) in [7, 11) is 1.82. The molecule has 0 bridgehead atoms. The zero-order valence-electron chi connectivity index (χ0n) is 15.9. The quantitative estimate of drug-likeness (QED) is 0.277. The number of nitrogens with zero attached hydrogens (tertiary/aromatic N) is 3. The second kappa shape index (κ2) is 12.7. The van der Waals surface area contributed by atoms with Crippen molar-refractivity contribution in [2.24, 2.45) is 10.9 Å². The molecule has 1 aliphatic rings. The van der Waals surface area contributed by atoms with Crippen molar-refractivity contribution in [3.8, 4) is 0 Å². The number of hydrogen-bond acceptors (Lipinski definition) is 4. The molecule has 0 aromatic heterocycles. The summed E-state index contributed by atoms with van der Waals surface area (Å²) in [4.78, 5) is 20.9. The van der Waals surface area contributed by atoms with Crippen molar-refractivity contribution in [3.05, 3.63) is 0 Å². The van der Waals surface area contributed by atoms with E-state index in [-0.39, 0.29) is 35.9 Å². The number of hydrogen-bond donors (Lipinski definition) is 1. The van der Waals surface area contributed by atoms with Crippen LogP contribution >= 0.6 is 24.0 Å². The molecule has 1 heterocycles. The molecule has 1 aliphatic heterocycles. The molecule has 7 heteroatoms. The number of rotatable bonds is 7. The largest absolute Gasteiger partial charge is 0.466 e. The SMILES string of the molecule is CCOC(=O)C1CCN(C(=NC)NCC(C)N(CC)CC)CC1.I. The molecule has 0 aliphatic carbocycles. The Hall–Kier alpha value is -0.570. The summed E-state index contributed by atoms with van der Waals surface area (Å²) < 4.78 is 5.12. The van der Waals surface area contributed by atoms with Crippen LogP contribution in [-0.2, 0) is 9.53 Å². The topological polar surface area (TPSA) is 57.2 Å². The predicted octanol–water partition coefficient (Wildman–Crippen LogP) is 2.19. The van der Waals surface area contributed by atoms with E-state index >= 15 is 0 Å². The van der Waals surface area contributed by atoms with Gasteiger partial charge in [-0.15, -0.1) is 24.0 Å². The monoisotopic (exact) mass is 454 g/mol. The van der Waals surface area contributed by atoms with Crippen molar-refractivity contribution in [1.29, 1.82) is 0 Å². The van der Waals surface area contributed by atoms with Gasteiger partial charge in [-0.05, 0) is 39.8 Å². The lowest BCUT2D eigenvalue weighted by Crippen LogP contribution is -2.50. The zero-order chi connectivity index (χ0) is 17.2. The number of likely N-dealkylation sites (tertiary alicyclic amines) is 1. The Morgan fingerprint density at radius 1 is 1.29 bits per heavy atom. The van der Waals surface area contributed by atoms with Gasteiger partial charge in [-0.2, -0.15) is 0 Å². The lowest BCUT2D eigenvalue weighted by Gasteiger charge is -2.34. The van der Waals surface area contributed by atoms with Gasteiger partial charge in [0.15, 0.2) is 5.96 Å². The molecule has 142 valence electrons. The third-order valence-corrected chi connectivity index (χ3v) is 4.62. The molecule has 1 N–H and O–H groups in total. The number of likely N-dealkylation sites (N-methyl/N-ethyl adjacent to an activating group) is 1. The summed E-state index contributed by atoms with van der Waals surface area (Å²) in [5, 5.41) is 3.48. The second-order valence-electron chi connectivity index (χ2n) is 6.01. The molecule has 1 unspecified atom stereocenters. The van der Waals surface area contributed by atoms with Crippen molar-refractivity contribution >= 4 is 35.9 Å². The first-order valence-corrected chi connectivity index (χ1v) is 8.93. The molecule has 0 radical (unpaired) electrons. The standard InChI is InChI=1S/C17H34N4O2.HI/c1-6-20(7-2)14(4)13-19-17(18-5)21-11-9-15(10-12-21)16(22)23-8-3;/h14-15H,6-13H2,1-5H3,(H,18,19);1H. The van der Waals surface area contributed by atoms with Crippen LogP contribution in [0, 0.1) is 5.92 Å². The highest BCUT2D eigenvalue weighted by atomic mass is 127. The fourth-order valence-electron chi connectivity index (χ4n) is 3.13. The molecule has 1 atom stereocenters. The summed E-state index contributed by atoms with van der Waals surface area (Å²) in [6, 6.07) is 0.471. The van der Waals surface area contributed by atoms with Gasteiger partial charge in [-0.1, -0.05) is 13.8 Å². The van der Waals surface area contributed by atoms with Crippen LogP contribution in [0.2, 0.25) is 0 Å². The number of carbonyl (C=O) groups is 1. The van der Waals surface area contributed by atoms with Crippen molar-refractivity contribution in [2.45, 2.75) is 46.6 Å². The molecule has 1 saturated heterocycles. The highest BCUT2D eigenvalue weighted by Crippen LogP contribution is 2.18. The minimum Gasteiger partial charge on any atom is -0.466 e. The van der Waals surface area contributed by atoms with E-state index in [2.05, 4.69) is 40.9 Å². The maximum atomic E-state index is 11.8. The molecule has 0 amide bonds. The second-order valence-corrected chi connectivity index (χ2v) is 6.01. The van der Waals surface area contributed by atoms with Crippen LogP contribution in [0.4, 0.5) is 0 Å². The molecule has 1 fully saturated rings. The van der Waals surface area contributed by atoms with Gasteiger partial charge < -0.3 is 15.0 Å². The molecular formula is C17H35IN4O2. The minimum atomic E-state index is -0.0507. The molecule has 0 spiro atoms. The lowest BCUT2D eigenvalue weighted by molar-refractivity contribution is -0.149. The first kappa shape index (κ1) is 23.4. The molecule has 1 rings (SSSR count). The van der Waals surface area contributed by atoms with Crippen LogP contribution in [0.25, 0.3) is 0 Å². The molecule has 0 saturated carbocycles. The summed E-state index contributed by atoms with van der Waals surface area (Å²) in [6.45, 7) is 13.6. The van der Waals surface area contributed by atoms with Crippen molar-refractivity contribution in [3.63, 3.8) is 0 Å². The summed E-state index contributed by atoms with van der Waals surface area (Å²) >= 11 is 0. The van der Waals surface area contributed by atoms with E-state index in [1.165, 1.54) is 0 Å². The fourth-order valence-corrected chi connectivity index (χ4v) is 3.13. The summed E-state index contributed by atoms with van der Waals surface area (Å²) in [5.41, 5.74) is 0. The fraction of sp³-hybridized carbons (Fsp3) is 0.882. The minimum absolute atomic E-state index is 0. The number of ether oxygens (including phenoxy) is 1. The summed E-state index contributed by atoms with van der Waals surface area (Å²) in [5.74, 6) is 0.926. The number of aliphatic imine (C=N–C) groups is 1. The summed E-state index contributed by atoms with van der Waals surface area (Å²) in [6.07, 6.45) is 1.68. The highest BCUT2D eigenvalue weighted by molar-refractivity contribution is 14.0. The van der Waals surface area contributed by atoms with E-state index in [4.69, 9.17) is 4.74 Å². The van der Waals surface area contributed by atoms with Gasteiger partial charge in [0.2, 0.25) is 0 Å². The molecule has 24 heavy (non-hydrogen) atoms. The molecule has 0 aromatic rings. The lowest BCUT2D eigenvalue weighted by atomic mass is 9.97. The zero-order valence-corrected chi connectivity index (χ0v) is 18.2. The smallest absolute Gasteiger partial charge is 0.309 e. The van der Waals surface area contributed by atoms with E-state index < -0.39 is 0 Å². The Morgan fingerprint density at radius 2 is 1.88 bits per heavy atom. The maximum absolute atomic E-state index is 11.8. The van der Waals surface area contributed by atoms with Crippen LogP contribution in [0.15, 0.2) is 4.99 Å². The average molecular weight is 454 g/mol. The van der Waals surface area contributed by atoms with Crippen molar-refractivity contribution in [2.75, 3.05) is 46.4 Å². The Morgan fingerprint density at radius 3 is 2.33 bits per heavy atom. The first-order chi connectivity index (χ1) is 11.1. The van der Waals surface area contributed by atoms with Gasteiger partial charge in [-0.25, -0.2) is 0 Å². The number of esters is 1. The Bertz CT molecular complexity index is 381. The molecule has 6 nitrogen and oxygen atoms in total. The van der Waals surface area contributed by atoms with Crippen LogP contribution < -0.4 is 5.32 Å². The molecule has 0 aromatic carbocycles. The van der Waals surface area contributed by atoms with Gasteiger partial charge in [-0.3, -0.25) is 14.7 Å². The number of carbonyl (C=O) groups excluding carboxylic acids is 1. The average Bonchev–Trinajstić information content (AvgIpc) is 2.57. The van der Waals surface area contributed by atoms with Crippen LogP contribution in [0.5, 0.6) is 0 Å². The third kappa shape index (κ3) is 7.13. The Kier molecular flexibility index (Phi) is 12.4. The maximum Gasteiger partial charge on any atom is 0.309 e. The predicted molar refractivity (Wildman–Crippen MR) is 110 cm³/mol. The molecular weight excluding hydrogens is 419 g/mol. The van der Waals surface area contributed by atoms with Gasteiger partial charge >= 0.3 is 5.97 Å². The number of halogens is 1. The van der Waals surface area contributed by atoms with E-state index in [1.807, 2.05) is 14.0 Å². The van der Waals surface area contributed by atoms with Gasteiger partial charge in [0, 0.05) is 32.7 Å². The first-order valence-electron chi connectivity index (χ1n) is 8.93. The van der Waals surface area contributed by atoms with Crippen molar-refractivity contribution in [1.82, 2.24) is 15.1 Å². The van der Waals surface area contributed by atoms with Crippen LogP contribution in [0.1, 0.15) is 40.5 Å². The van der Waals surface area contributed by atoms with Gasteiger partial charge in [0.1, 0.15) is 0 Å². The Balaban J connectivity index is 0.00000529. The van der Waals surface area contributed by atoms with E-state index in [0.717, 1.165) is 51.5 Å². The van der Waals surface area contributed by atoms with Crippen molar-refractivity contribution < 1.29 is 9.53 Å². The van der Waals surface area contributed by atoms with E-state index in [0.29, 0.717) is 12.6 Å². The van der Waals surface area contributed by atoms with Gasteiger partial charge in [0.05, 0.1) is 12.5 Å². The number of guanidine groups is 1. The number of piperidine rings is 1. The van der Waals surface area contributed by atoms with E-state index in [9.17, 15) is 4.79 Å². The number of nitrogens with one attached hydrogen (secondary N) is 1. The van der Waals surface area contributed by atoms with Crippen LogP contribution in [-0.4, -0.2) is 74.1 Å². The van der Waals surface area contributed by atoms with Crippen LogP contribution in [0.3, 0.4) is 0 Å². The third-order valence-electron chi connectivity index (χ3n) is 4.62.